The fourth-order valence-electron chi connectivity index (χ4n) is 3.32. The maximum absolute atomic E-state index is 14.2. The van der Waals surface area contributed by atoms with E-state index in [1.54, 1.807) is 25.1 Å². The third-order valence-corrected chi connectivity index (χ3v) is 4.90. The molecule has 2 N–H and O–H groups in total. The van der Waals surface area contributed by atoms with Crippen molar-refractivity contribution in [2.45, 2.75) is 24.7 Å². The number of nitrogens with zero attached hydrogens (tertiary/aromatic N) is 1. The van der Waals surface area contributed by atoms with Crippen molar-refractivity contribution in [3.8, 4) is 5.75 Å². The number of aromatic nitrogens is 1. The SMILES string of the molecule is COc1c(F)cc(F)cc1C(Nc1cccc2nc(C)ccc12)C(O)(CF)C(F)(F)F. The maximum atomic E-state index is 14.2. The van der Waals surface area contributed by atoms with Crippen molar-refractivity contribution in [3.05, 3.63) is 65.4 Å². The Morgan fingerprint density at radius 2 is 1.84 bits per heavy atom. The van der Waals surface area contributed by atoms with Gasteiger partial charge in [0.05, 0.1) is 18.7 Å². The monoisotopic (exact) mass is 444 g/mol. The van der Waals surface area contributed by atoms with Gasteiger partial charge in [-0.3, -0.25) is 4.98 Å². The number of nitrogens with one attached hydrogen (secondary N) is 1. The van der Waals surface area contributed by atoms with Crippen molar-refractivity contribution in [1.29, 1.82) is 0 Å². The molecule has 0 saturated carbocycles. The highest BCUT2D eigenvalue weighted by Crippen LogP contribution is 2.46. The molecule has 0 fully saturated rings. The lowest BCUT2D eigenvalue weighted by Crippen LogP contribution is -2.54. The maximum Gasteiger partial charge on any atom is 0.422 e. The fraction of sp³-hybridized carbons (Fsp3) is 0.286. The summed E-state index contributed by atoms with van der Waals surface area (Å²) in [5, 5.41) is 13.2. The number of anilines is 1. The molecule has 0 aliphatic carbocycles. The highest BCUT2D eigenvalue weighted by molar-refractivity contribution is 5.91. The Kier molecular flexibility index (Phi) is 6.04. The van der Waals surface area contributed by atoms with Crippen LogP contribution in [0.25, 0.3) is 10.9 Å². The van der Waals surface area contributed by atoms with Crippen molar-refractivity contribution in [3.63, 3.8) is 0 Å². The molecule has 2 aromatic carbocycles. The lowest BCUT2D eigenvalue weighted by atomic mass is 9.87. The van der Waals surface area contributed by atoms with E-state index < -0.39 is 47.4 Å². The summed E-state index contributed by atoms with van der Waals surface area (Å²) in [7, 11) is 0.962. The number of aliphatic hydroxyl groups is 1. The Balaban J connectivity index is 2.27. The zero-order valence-electron chi connectivity index (χ0n) is 16.4. The number of alkyl halides is 4. The first kappa shape index (κ1) is 22.7. The van der Waals surface area contributed by atoms with Crippen molar-refractivity contribution in [2.24, 2.45) is 0 Å². The molecule has 0 saturated heterocycles. The average molecular weight is 444 g/mol. The third-order valence-electron chi connectivity index (χ3n) is 4.90. The lowest BCUT2D eigenvalue weighted by molar-refractivity contribution is -0.271. The topological polar surface area (TPSA) is 54.4 Å². The van der Waals surface area contributed by atoms with Crippen LogP contribution in [-0.2, 0) is 0 Å². The van der Waals surface area contributed by atoms with E-state index in [0.29, 0.717) is 28.7 Å². The Bertz CT molecular complexity index is 1110. The molecule has 0 amide bonds. The Morgan fingerprint density at radius 1 is 1.13 bits per heavy atom. The predicted molar refractivity (Wildman–Crippen MR) is 103 cm³/mol. The molecule has 10 heteroatoms. The van der Waals surface area contributed by atoms with Crippen LogP contribution in [0.4, 0.5) is 32.0 Å². The van der Waals surface area contributed by atoms with Crippen molar-refractivity contribution in [1.82, 2.24) is 4.98 Å². The predicted octanol–water partition coefficient (Wildman–Crippen LogP) is 5.25. The quantitative estimate of drug-likeness (QED) is 0.511. The molecule has 3 aromatic rings. The Labute approximate surface area is 173 Å². The summed E-state index contributed by atoms with van der Waals surface area (Å²) in [6, 6.07) is 6.26. The number of pyridine rings is 1. The molecule has 2 atom stereocenters. The first-order valence-corrected chi connectivity index (χ1v) is 9.02. The van der Waals surface area contributed by atoms with E-state index in [4.69, 9.17) is 4.74 Å². The number of rotatable bonds is 6. The van der Waals surface area contributed by atoms with E-state index in [2.05, 4.69) is 10.3 Å². The molecular formula is C21H18F6N2O2. The minimum absolute atomic E-state index is 0.0397. The first-order chi connectivity index (χ1) is 14.5. The lowest BCUT2D eigenvalue weighted by Gasteiger charge is -2.37. The van der Waals surface area contributed by atoms with Crippen molar-refractivity contribution >= 4 is 16.6 Å². The molecule has 1 heterocycles. The molecule has 0 aliphatic rings. The van der Waals surface area contributed by atoms with Gasteiger partial charge in [0.1, 0.15) is 12.5 Å². The van der Waals surface area contributed by atoms with Crippen LogP contribution >= 0.6 is 0 Å². The molecule has 1 aromatic heterocycles. The second kappa shape index (κ2) is 8.26. The molecule has 2 unspecified atom stereocenters. The van der Waals surface area contributed by atoms with Crippen LogP contribution in [0, 0.1) is 18.6 Å². The highest BCUT2D eigenvalue weighted by atomic mass is 19.4. The number of benzene rings is 2. The van der Waals surface area contributed by atoms with E-state index in [1.807, 2.05) is 0 Å². The van der Waals surface area contributed by atoms with E-state index in [0.717, 1.165) is 7.11 Å². The Hall–Kier alpha value is -3.01. The zero-order chi connectivity index (χ0) is 23.0. The van der Waals surface area contributed by atoms with Gasteiger partial charge in [0.2, 0.25) is 5.60 Å². The third kappa shape index (κ3) is 4.12. The Morgan fingerprint density at radius 3 is 2.45 bits per heavy atom. The van der Waals surface area contributed by atoms with Gasteiger partial charge in [-0.1, -0.05) is 6.07 Å². The van der Waals surface area contributed by atoms with Crippen LogP contribution in [0.3, 0.4) is 0 Å². The highest BCUT2D eigenvalue weighted by Gasteiger charge is 2.60. The smallest absolute Gasteiger partial charge is 0.422 e. The summed E-state index contributed by atoms with van der Waals surface area (Å²) in [5.41, 5.74) is -3.67. The fourth-order valence-corrected chi connectivity index (χ4v) is 3.32. The van der Waals surface area contributed by atoms with Crippen LogP contribution in [0.15, 0.2) is 42.5 Å². The van der Waals surface area contributed by atoms with E-state index in [9.17, 15) is 31.4 Å². The minimum Gasteiger partial charge on any atom is -0.493 e. The minimum atomic E-state index is -5.49. The molecule has 166 valence electrons. The summed E-state index contributed by atoms with van der Waals surface area (Å²) < 4.78 is 88.0. The number of methoxy groups -OCH3 is 1. The van der Waals surface area contributed by atoms with Crippen LogP contribution in [-0.4, -0.2) is 35.7 Å². The molecule has 0 radical (unpaired) electrons. The summed E-state index contributed by atoms with van der Waals surface area (Å²) in [5.74, 6) is -3.29. The summed E-state index contributed by atoms with van der Waals surface area (Å²) in [4.78, 5) is 4.27. The zero-order valence-corrected chi connectivity index (χ0v) is 16.4. The summed E-state index contributed by atoms with van der Waals surface area (Å²) in [6.45, 7) is -0.564. The van der Waals surface area contributed by atoms with Gasteiger partial charge < -0.3 is 15.2 Å². The number of hydrogen-bond donors (Lipinski definition) is 2. The van der Waals surface area contributed by atoms with Gasteiger partial charge >= 0.3 is 6.18 Å². The number of halogens is 6. The van der Waals surface area contributed by atoms with Crippen LogP contribution in [0.5, 0.6) is 5.75 Å². The number of aryl methyl sites for hydroxylation is 1. The van der Waals surface area contributed by atoms with E-state index in [-0.39, 0.29) is 5.69 Å². The summed E-state index contributed by atoms with van der Waals surface area (Å²) >= 11 is 0. The van der Waals surface area contributed by atoms with Gasteiger partial charge in [0.25, 0.3) is 0 Å². The number of hydrogen-bond acceptors (Lipinski definition) is 4. The second-order valence-electron chi connectivity index (χ2n) is 6.97. The van der Waals surface area contributed by atoms with Gasteiger partial charge in [-0.05, 0) is 37.3 Å². The van der Waals surface area contributed by atoms with Gasteiger partial charge in [-0.2, -0.15) is 13.2 Å². The van der Waals surface area contributed by atoms with Gasteiger partial charge in [-0.15, -0.1) is 0 Å². The van der Waals surface area contributed by atoms with Crippen molar-refractivity contribution in [2.75, 3.05) is 19.1 Å². The van der Waals surface area contributed by atoms with E-state index >= 15 is 0 Å². The molecule has 4 nitrogen and oxygen atoms in total. The number of fused-ring (bicyclic) bond motifs is 1. The largest absolute Gasteiger partial charge is 0.493 e. The normalized spacial score (nSPS) is 14.9. The van der Waals surface area contributed by atoms with Gasteiger partial charge in [0, 0.05) is 28.4 Å². The average Bonchev–Trinajstić information content (AvgIpc) is 2.69. The molecular weight excluding hydrogens is 426 g/mol. The van der Waals surface area contributed by atoms with Crippen LogP contribution in [0.1, 0.15) is 17.3 Å². The standard InChI is InChI=1S/C21H18F6N2O2/c1-11-6-7-13-16(28-11)4-3-5-17(13)29-19(20(30,10-22)21(25,26)27)14-8-12(23)9-15(24)18(14)31-2/h3-9,19,29-30H,10H2,1-2H3. The van der Waals surface area contributed by atoms with Crippen LogP contribution in [0.2, 0.25) is 0 Å². The molecule has 0 aliphatic heterocycles. The van der Waals surface area contributed by atoms with Gasteiger partial charge in [0.15, 0.2) is 11.6 Å². The van der Waals surface area contributed by atoms with Crippen molar-refractivity contribution < 1.29 is 36.2 Å². The van der Waals surface area contributed by atoms with Crippen LogP contribution < -0.4 is 10.1 Å². The molecule has 0 bridgehead atoms. The molecule has 31 heavy (non-hydrogen) atoms. The molecule has 0 spiro atoms. The number of ether oxygens (including phenoxy) is 1. The summed E-state index contributed by atoms with van der Waals surface area (Å²) in [6.07, 6.45) is -5.49. The van der Waals surface area contributed by atoms with E-state index in [1.165, 1.54) is 12.1 Å². The first-order valence-electron chi connectivity index (χ1n) is 9.02. The second-order valence-corrected chi connectivity index (χ2v) is 6.97. The molecule has 3 rings (SSSR count). The van der Waals surface area contributed by atoms with Gasteiger partial charge in [-0.25, -0.2) is 13.2 Å².